The number of nitriles is 1. The van der Waals surface area contributed by atoms with Crippen LogP contribution in [0.3, 0.4) is 0 Å². The van der Waals surface area contributed by atoms with Gasteiger partial charge in [-0.3, -0.25) is 9.58 Å². The average Bonchev–Trinajstić information content (AvgIpc) is 3.15. The number of hydrogen-bond acceptors (Lipinski definition) is 6. The molecule has 4 heterocycles. The first-order chi connectivity index (χ1) is 13.1. The highest BCUT2D eigenvalue weighted by Gasteiger charge is 2.36. The van der Waals surface area contributed by atoms with E-state index >= 15 is 0 Å². The highest BCUT2D eigenvalue weighted by atomic mass is 15.3. The summed E-state index contributed by atoms with van der Waals surface area (Å²) in [6.07, 6.45) is 11.6. The Morgan fingerprint density at radius 2 is 1.81 bits per heavy atom. The molecular weight excluding hydrogens is 338 g/mol. The third kappa shape index (κ3) is 3.54. The van der Waals surface area contributed by atoms with Crippen LogP contribution >= 0.6 is 0 Å². The Bertz CT molecular complexity index is 836. The molecule has 2 aliphatic rings. The fourth-order valence-corrected chi connectivity index (χ4v) is 4.33. The van der Waals surface area contributed by atoms with Crippen LogP contribution in [0, 0.1) is 11.3 Å². The lowest BCUT2D eigenvalue weighted by molar-refractivity contribution is 0.0592. The predicted molar refractivity (Wildman–Crippen MR) is 104 cm³/mol. The summed E-state index contributed by atoms with van der Waals surface area (Å²) in [5, 5.41) is 13.6. The van der Waals surface area contributed by atoms with E-state index in [9.17, 15) is 5.26 Å². The van der Waals surface area contributed by atoms with E-state index in [-0.39, 0.29) is 0 Å². The molecule has 0 amide bonds. The van der Waals surface area contributed by atoms with Crippen molar-refractivity contribution < 1.29 is 0 Å². The maximum Gasteiger partial charge on any atom is 0.167 e. The number of nitrogens with zero attached hydrogens (tertiary/aromatic N) is 7. The second-order valence-electron chi connectivity index (χ2n) is 7.97. The number of piperidine rings is 2. The summed E-state index contributed by atoms with van der Waals surface area (Å²) in [7, 11) is 1.86. The standard InChI is InChI=1S/C20H27N7/c1-20(27-8-4-3-5-9-27)6-10-26(11-7-20)18-14-22-17(12-21)19(24-18)16-13-23-25(2)15-16/h13-15H,3-11H2,1-2H3. The summed E-state index contributed by atoms with van der Waals surface area (Å²) in [6.45, 7) is 6.83. The average molecular weight is 365 g/mol. The van der Waals surface area contributed by atoms with E-state index in [4.69, 9.17) is 4.98 Å². The Kier molecular flexibility index (Phi) is 4.83. The fourth-order valence-electron chi connectivity index (χ4n) is 4.33. The minimum Gasteiger partial charge on any atom is -0.355 e. The Morgan fingerprint density at radius 1 is 1.07 bits per heavy atom. The first kappa shape index (κ1) is 17.9. The fraction of sp³-hybridized carbons (Fsp3) is 0.600. The van der Waals surface area contributed by atoms with Crippen LogP contribution in [0.5, 0.6) is 0 Å². The first-order valence-electron chi connectivity index (χ1n) is 9.85. The molecule has 2 aromatic heterocycles. The van der Waals surface area contributed by atoms with Gasteiger partial charge in [-0.1, -0.05) is 6.42 Å². The maximum absolute atomic E-state index is 9.40. The van der Waals surface area contributed by atoms with Crippen molar-refractivity contribution in [2.24, 2.45) is 7.05 Å². The van der Waals surface area contributed by atoms with Gasteiger partial charge in [0.15, 0.2) is 5.69 Å². The zero-order valence-corrected chi connectivity index (χ0v) is 16.2. The monoisotopic (exact) mass is 365 g/mol. The molecule has 0 radical (unpaired) electrons. The van der Waals surface area contributed by atoms with Gasteiger partial charge in [0, 0.05) is 37.4 Å². The van der Waals surface area contributed by atoms with Crippen molar-refractivity contribution >= 4 is 5.82 Å². The van der Waals surface area contributed by atoms with Crippen molar-refractivity contribution in [1.29, 1.82) is 5.26 Å². The van der Waals surface area contributed by atoms with E-state index in [1.807, 2.05) is 13.2 Å². The van der Waals surface area contributed by atoms with Crippen LogP contribution < -0.4 is 4.90 Å². The summed E-state index contributed by atoms with van der Waals surface area (Å²) >= 11 is 0. The number of aromatic nitrogens is 4. The molecular formula is C20H27N7. The van der Waals surface area contributed by atoms with Gasteiger partial charge in [0.25, 0.3) is 0 Å². The lowest BCUT2D eigenvalue weighted by Crippen LogP contribution is -2.55. The molecule has 2 saturated heterocycles. The molecule has 7 heteroatoms. The normalized spacial score (nSPS) is 20.4. The molecule has 2 fully saturated rings. The van der Waals surface area contributed by atoms with Crippen molar-refractivity contribution in [3.05, 3.63) is 24.3 Å². The number of hydrogen-bond donors (Lipinski definition) is 0. The van der Waals surface area contributed by atoms with E-state index in [1.54, 1.807) is 17.1 Å². The topological polar surface area (TPSA) is 73.9 Å². The number of anilines is 1. The summed E-state index contributed by atoms with van der Waals surface area (Å²) in [6, 6.07) is 2.15. The van der Waals surface area contributed by atoms with E-state index in [2.05, 4.69) is 32.9 Å². The van der Waals surface area contributed by atoms with Crippen LogP contribution in [-0.4, -0.2) is 56.4 Å². The van der Waals surface area contributed by atoms with Crippen molar-refractivity contribution in [1.82, 2.24) is 24.6 Å². The van der Waals surface area contributed by atoms with Gasteiger partial charge in [-0.15, -0.1) is 0 Å². The van der Waals surface area contributed by atoms with Crippen LogP contribution in [0.1, 0.15) is 44.7 Å². The third-order valence-corrected chi connectivity index (χ3v) is 6.13. The molecule has 0 spiro atoms. The molecule has 0 aromatic carbocycles. The van der Waals surface area contributed by atoms with Crippen LogP contribution in [0.4, 0.5) is 5.82 Å². The minimum absolute atomic E-state index is 0.295. The number of aryl methyl sites for hydroxylation is 1. The van der Waals surface area contributed by atoms with Gasteiger partial charge in [0.05, 0.1) is 12.4 Å². The molecule has 7 nitrogen and oxygen atoms in total. The SMILES string of the molecule is Cn1cc(-c2nc(N3CCC(C)(N4CCCCC4)CC3)cnc2C#N)cn1. The molecule has 0 saturated carbocycles. The third-order valence-electron chi connectivity index (χ3n) is 6.13. The van der Waals surface area contributed by atoms with Crippen LogP contribution in [0.15, 0.2) is 18.6 Å². The molecule has 142 valence electrons. The van der Waals surface area contributed by atoms with Crippen molar-refractivity contribution in [2.75, 3.05) is 31.1 Å². The van der Waals surface area contributed by atoms with Gasteiger partial charge >= 0.3 is 0 Å². The first-order valence-corrected chi connectivity index (χ1v) is 9.85. The predicted octanol–water partition coefficient (Wildman–Crippen LogP) is 2.59. The molecule has 0 aliphatic carbocycles. The summed E-state index contributed by atoms with van der Waals surface area (Å²) in [5.41, 5.74) is 2.09. The Morgan fingerprint density at radius 3 is 2.44 bits per heavy atom. The quantitative estimate of drug-likeness (QED) is 0.832. The maximum atomic E-state index is 9.40. The Balaban J connectivity index is 1.52. The van der Waals surface area contributed by atoms with Crippen molar-refractivity contribution in [2.45, 2.75) is 44.6 Å². The molecule has 0 atom stereocenters. The second-order valence-corrected chi connectivity index (χ2v) is 7.97. The van der Waals surface area contributed by atoms with Gasteiger partial charge in [0.1, 0.15) is 17.6 Å². The molecule has 27 heavy (non-hydrogen) atoms. The van der Waals surface area contributed by atoms with Crippen molar-refractivity contribution in [3.63, 3.8) is 0 Å². The number of rotatable bonds is 3. The van der Waals surface area contributed by atoms with E-state index in [1.165, 1.54) is 32.4 Å². The summed E-state index contributed by atoms with van der Waals surface area (Å²) < 4.78 is 1.72. The zero-order chi connectivity index (χ0) is 18.9. The van der Waals surface area contributed by atoms with Gasteiger partial charge in [0.2, 0.25) is 0 Å². The summed E-state index contributed by atoms with van der Waals surface area (Å²) in [4.78, 5) is 14.2. The second kappa shape index (κ2) is 7.28. The molecule has 0 bridgehead atoms. The minimum atomic E-state index is 0.295. The molecule has 0 N–H and O–H groups in total. The van der Waals surface area contributed by atoms with E-state index < -0.39 is 0 Å². The summed E-state index contributed by atoms with van der Waals surface area (Å²) in [5.74, 6) is 0.855. The smallest absolute Gasteiger partial charge is 0.167 e. The van der Waals surface area contributed by atoms with Crippen LogP contribution in [-0.2, 0) is 7.05 Å². The lowest BCUT2D eigenvalue weighted by atomic mass is 9.86. The number of likely N-dealkylation sites (tertiary alicyclic amines) is 1. The molecule has 2 aliphatic heterocycles. The van der Waals surface area contributed by atoms with E-state index in [0.29, 0.717) is 16.9 Å². The molecule has 4 rings (SSSR count). The molecule has 0 unspecified atom stereocenters. The lowest BCUT2D eigenvalue weighted by Gasteiger charge is -2.48. The Labute approximate surface area is 160 Å². The van der Waals surface area contributed by atoms with Crippen LogP contribution in [0.25, 0.3) is 11.3 Å². The van der Waals surface area contributed by atoms with Gasteiger partial charge < -0.3 is 4.90 Å². The van der Waals surface area contributed by atoms with E-state index in [0.717, 1.165) is 37.3 Å². The highest BCUT2D eigenvalue weighted by Crippen LogP contribution is 2.33. The van der Waals surface area contributed by atoms with Gasteiger partial charge in [-0.25, -0.2) is 9.97 Å². The van der Waals surface area contributed by atoms with Crippen LogP contribution in [0.2, 0.25) is 0 Å². The zero-order valence-electron chi connectivity index (χ0n) is 16.2. The van der Waals surface area contributed by atoms with Gasteiger partial charge in [-0.05, 0) is 45.7 Å². The van der Waals surface area contributed by atoms with Gasteiger partial charge in [-0.2, -0.15) is 10.4 Å². The van der Waals surface area contributed by atoms with Crippen molar-refractivity contribution in [3.8, 4) is 17.3 Å². The highest BCUT2D eigenvalue weighted by molar-refractivity contribution is 5.65. The largest absolute Gasteiger partial charge is 0.355 e. The Hall–Kier alpha value is -2.46. The molecule has 2 aromatic rings.